The largest absolute Gasteiger partial charge is 0.467 e. The third-order valence-corrected chi connectivity index (χ3v) is 2.61. The zero-order valence-electron chi connectivity index (χ0n) is 11.2. The topological polar surface area (TPSA) is 71.3 Å². The maximum absolute atomic E-state index is 12.0. The molecule has 100 valence electrons. The van der Waals surface area contributed by atoms with Gasteiger partial charge in [0.2, 0.25) is 5.95 Å². The molecular formula is C13H16N4O2. The molecular weight excluding hydrogens is 244 g/mol. The molecule has 0 aliphatic heterocycles. The highest BCUT2D eigenvalue weighted by Crippen LogP contribution is 2.09. The lowest BCUT2D eigenvalue weighted by atomic mass is 10.2. The lowest BCUT2D eigenvalue weighted by Gasteiger charge is -2.12. The maximum Gasteiger partial charge on any atom is 0.255 e. The summed E-state index contributed by atoms with van der Waals surface area (Å²) < 4.78 is 5.15. The van der Waals surface area contributed by atoms with E-state index in [0.29, 0.717) is 29.5 Å². The number of carbonyl (C=O) groups excluding carboxylic acids is 1. The Hall–Kier alpha value is -2.37. The monoisotopic (exact) mass is 260 g/mol. The fraction of sp³-hybridized carbons (Fsp3) is 0.308. The number of aromatic nitrogens is 2. The summed E-state index contributed by atoms with van der Waals surface area (Å²) in [5.41, 5.74) is 1.12. The lowest BCUT2D eigenvalue weighted by molar-refractivity contribution is 0.0946. The molecule has 2 rings (SSSR count). The van der Waals surface area contributed by atoms with Gasteiger partial charge in [0.05, 0.1) is 24.1 Å². The highest BCUT2D eigenvalue weighted by Gasteiger charge is 2.12. The van der Waals surface area contributed by atoms with Crippen molar-refractivity contribution in [3.8, 4) is 0 Å². The Bertz CT molecular complexity index is 564. The second-order valence-corrected chi connectivity index (χ2v) is 4.33. The second-order valence-electron chi connectivity index (χ2n) is 4.33. The van der Waals surface area contributed by atoms with Crippen LogP contribution in [0.1, 0.15) is 21.8 Å². The first-order valence-electron chi connectivity index (χ1n) is 5.89. The number of hydrogen-bond donors (Lipinski definition) is 1. The van der Waals surface area contributed by atoms with Gasteiger partial charge in [0, 0.05) is 20.3 Å². The van der Waals surface area contributed by atoms with E-state index >= 15 is 0 Å². The van der Waals surface area contributed by atoms with Crippen LogP contribution in [-0.4, -0.2) is 30.0 Å². The van der Waals surface area contributed by atoms with Crippen LogP contribution in [0.2, 0.25) is 0 Å². The summed E-state index contributed by atoms with van der Waals surface area (Å²) in [4.78, 5) is 22.2. The Kier molecular flexibility index (Phi) is 3.79. The number of nitrogens with one attached hydrogen (secondary N) is 1. The molecule has 0 saturated carbocycles. The average molecular weight is 260 g/mol. The Balaban J connectivity index is 2.06. The quantitative estimate of drug-likeness (QED) is 0.899. The molecule has 2 heterocycles. The van der Waals surface area contributed by atoms with E-state index in [2.05, 4.69) is 15.3 Å². The Morgan fingerprint density at radius 3 is 2.84 bits per heavy atom. The molecule has 0 unspecified atom stereocenters. The molecule has 6 nitrogen and oxygen atoms in total. The first kappa shape index (κ1) is 13.1. The number of hydrogen-bond acceptors (Lipinski definition) is 5. The fourth-order valence-corrected chi connectivity index (χ4v) is 1.57. The number of nitrogens with zero attached hydrogens (tertiary/aromatic N) is 3. The van der Waals surface area contributed by atoms with Crippen molar-refractivity contribution in [3.05, 3.63) is 41.6 Å². The van der Waals surface area contributed by atoms with Gasteiger partial charge >= 0.3 is 0 Å². The van der Waals surface area contributed by atoms with Crippen molar-refractivity contribution in [2.45, 2.75) is 13.5 Å². The van der Waals surface area contributed by atoms with E-state index in [1.54, 1.807) is 30.2 Å². The summed E-state index contributed by atoms with van der Waals surface area (Å²) in [7, 11) is 3.71. The normalized spacial score (nSPS) is 10.3. The third-order valence-electron chi connectivity index (χ3n) is 2.61. The Morgan fingerprint density at radius 1 is 1.47 bits per heavy atom. The van der Waals surface area contributed by atoms with E-state index in [1.807, 2.05) is 14.1 Å². The first-order chi connectivity index (χ1) is 9.08. The molecule has 2 aromatic heterocycles. The minimum atomic E-state index is -0.209. The van der Waals surface area contributed by atoms with Gasteiger partial charge in [0.1, 0.15) is 5.76 Å². The van der Waals surface area contributed by atoms with Crippen LogP contribution >= 0.6 is 0 Å². The standard InChI is InChI=1S/C13H16N4O2/c1-9-11(8-15-13(16-9)17(2)3)12(18)14-7-10-5-4-6-19-10/h4-6,8H,7H2,1-3H3,(H,14,18). The summed E-state index contributed by atoms with van der Waals surface area (Å²) >= 11 is 0. The molecule has 19 heavy (non-hydrogen) atoms. The summed E-state index contributed by atoms with van der Waals surface area (Å²) in [5, 5.41) is 2.76. The number of amides is 1. The van der Waals surface area contributed by atoms with Gasteiger partial charge in [-0.2, -0.15) is 0 Å². The van der Waals surface area contributed by atoms with Crippen molar-refractivity contribution >= 4 is 11.9 Å². The SMILES string of the molecule is Cc1nc(N(C)C)ncc1C(=O)NCc1ccco1. The van der Waals surface area contributed by atoms with Crippen molar-refractivity contribution in [1.82, 2.24) is 15.3 Å². The molecule has 1 amide bonds. The number of aryl methyl sites for hydroxylation is 1. The van der Waals surface area contributed by atoms with Crippen molar-refractivity contribution in [3.63, 3.8) is 0 Å². The number of rotatable bonds is 4. The number of carbonyl (C=O) groups is 1. The van der Waals surface area contributed by atoms with E-state index in [9.17, 15) is 4.79 Å². The first-order valence-corrected chi connectivity index (χ1v) is 5.89. The van der Waals surface area contributed by atoms with Crippen molar-refractivity contribution in [1.29, 1.82) is 0 Å². The van der Waals surface area contributed by atoms with Crippen LogP contribution in [0.25, 0.3) is 0 Å². The van der Waals surface area contributed by atoms with Gasteiger partial charge in [-0.3, -0.25) is 4.79 Å². The molecule has 0 fully saturated rings. The molecule has 0 spiro atoms. The van der Waals surface area contributed by atoms with E-state index in [4.69, 9.17) is 4.42 Å². The van der Waals surface area contributed by atoms with Gasteiger partial charge in [-0.15, -0.1) is 0 Å². The summed E-state index contributed by atoms with van der Waals surface area (Å²) in [5.74, 6) is 1.08. The van der Waals surface area contributed by atoms with Crippen molar-refractivity contribution in [2.75, 3.05) is 19.0 Å². The highest BCUT2D eigenvalue weighted by atomic mass is 16.3. The van der Waals surface area contributed by atoms with Gasteiger partial charge < -0.3 is 14.6 Å². The van der Waals surface area contributed by atoms with Crippen LogP contribution < -0.4 is 10.2 Å². The zero-order valence-corrected chi connectivity index (χ0v) is 11.2. The van der Waals surface area contributed by atoms with Crippen LogP contribution in [0.15, 0.2) is 29.0 Å². The van der Waals surface area contributed by atoms with E-state index in [-0.39, 0.29) is 5.91 Å². The van der Waals surface area contributed by atoms with Crippen LogP contribution in [0.4, 0.5) is 5.95 Å². The van der Waals surface area contributed by atoms with Crippen LogP contribution in [0.3, 0.4) is 0 Å². The summed E-state index contributed by atoms with van der Waals surface area (Å²) in [6.07, 6.45) is 3.11. The van der Waals surface area contributed by atoms with E-state index in [1.165, 1.54) is 6.20 Å². The molecule has 0 saturated heterocycles. The second kappa shape index (κ2) is 5.51. The Labute approximate surface area is 111 Å². The molecule has 0 radical (unpaired) electrons. The summed E-state index contributed by atoms with van der Waals surface area (Å²) in [6.45, 7) is 2.14. The molecule has 2 aromatic rings. The molecule has 0 atom stereocenters. The highest BCUT2D eigenvalue weighted by molar-refractivity contribution is 5.94. The molecule has 0 aliphatic rings. The zero-order chi connectivity index (χ0) is 13.8. The predicted octanol–water partition coefficient (Wildman–Crippen LogP) is 1.37. The van der Waals surface area contributed by atoms with E-state index < -0.39 is 0 Å². The van der Waals surface area contributed by atoms with Gasteiger partial charge in [-0.1, -0.05) is 0 Å². The summed E-state index contributed by atoms with van der Waals surface area (Å²) in [6, 6.07) is 3.58. The Morgan fingerprint density at radius 2 is 2.26 bits per heavy atom. The smallest absolute Gasteiger partial charge is 0.255 e. The van der Waals surface area contributed by atoms with Gasteiger partial charge in [-0.05, 0) is 19.1 Å². The third kappa shape index (κ3) is 3.09. The molecule has 0 bridgehead atoms. The minimum Gasteiger partial charge on any atom is -0.467 e. The predicted molar refractivity (Wildman–Crippen MR) is 71.0 cm³/mol. The van der Waals surface area contributed by atoms with Gasteiger partial charge in [0.25, 0.3) is 5.91 Å². The molecule has 1 N–H and O–H groups in total. The van der Waals surface area contributed by atoms with Crippen LogP contribution in [-0.2, 0) is 6.54 Å². The molecule has 6 heteroatoms. The fourth-order valence-electron chi connectivity index (χ4n) is 1.57. The maximum atomic E-state index is 12.0. The molecule has 0 aliphatic carbocycles. The van der Waals surface area contributed by atoms with Crippen molar-refractivity contribution in [2.24, 2.45) is 0 Å². The van der Waals surface area contributed by atoms with E-state index in [0.717, 1.165) is 0 Å². The minimum absolute atomic E-state index is 0.209. The number of furan rings is 1. The van der Waals surface area contributed by atoms with Crippen LogP contribution in [0.5, 0.6) is 0 Å². The number of anilines is 1. The average Bonchev–Trinajstić information content (AvgIpc) is 2.88. The van der Waals surface area contributed by atoms with Crippen LogP contribution in [0, 0.1) is 6.92 Å². The van der Waals surface area contributed by atoms with Gasteiger partial charge in [0.15, 0.2) is 0 Å². The van der Waals surface area contributed by atoms with Gasteiger partial charge in [-0.25, -0.2) is 9.97 Å². The molecule has 0 aromatic carbocycles. The lowest BCUT2D eigenvalue weighted by Crippen LogP contribution is -2.24. The van der Waals surface area contributed by atoms with Crippen molar-refractivity contribution < 1.29 is 9.21 Å².